The van der Waals surface area contributed by atoms with Crippen molar-refractivity contribution in [2.45, 2.75) is 27.2 Å². The van der Waals surface area contributed by atoms with Gasteiger partial charge in [0.25, 0.3) is 5.88 Å². The number of carbonyl (C=O) groups is 1. The maximum Gasteiger partial charge on any atom is 0.318 e. The molecule has 0 saturated carbocycles. The van der Waals surface area contributed by atoms with E-state index in [0.717, 1.165) is 0 Å². The molecule has 1 heterocycles. The van der Waals surface area contributed by atoms with E-state index in [9.17, 15) is 9.90 Å². The summed E-state index contributed by atoms with van der Waals surface area (Å²) in [6.45, 7) is 5.48. The first-order valence-corrected chi connectivity index (χ1v) is 4.83. The highest BCUT2D eigenvalue weighted by molar-refractivity contribution is 5.78. The van der Waals surface area contributed by atoms with E-state index in [2.05, 4.69) is 4.98 Å². The van der Waals surface area contributed by atoms with Crippen LogP contribution in [0, 0.1) is 5.41 Å². The van der Waals surface area contributed by atoms with Crippen LogP contribution in [0.5, 0.6) is 11.6 Å². The third kappa shape index (κ3) is 2.68. The van der Waals surface area contributed by atoms with Gasteiger partial charge in [-0.25, -0.2) is 4.98 Å². The van der Waals surface area contributed by atoms with Gasteiger partial charge < -0.3 is 9.84 Å². The van der Waals surface area contributed by atoms with E-state index in [1.807, 2.05) is 6.92 Å². The number of hydrogen-bond acceptors (Lipinski definition) is 4. The van der Waals surface area contributed by atoms with Gasteiger partial charge in [-0.05, 0) is 32.4 Å². The van der Waals surface area contributed by atoms with Gasteiger partial charge >= 0.3 is 5.97 Å². The number of esters is 1. The Morgan fingerprint density at radius 1 is 1.60 bits per heavy atom. The Kier molecular flexibility index (Phi) is 3.29. The first kappa shape index (κ1) is 11.5. The smallest absolute Gasteiger partial charge is 0.318 e. The highest BCUT2D eigenvalue weighted by Crippen LogP contribution is 2.26. The quantitative estimate of drug-likeness (QED) is 0.775. The van der Waals surface area contributed by atoms with Gasteiger partial charge in [-0.1, -0.05) is 6.92 Å². The van der Waals surface area contributed by atoms with Gasteiger partial charge in [-0.2, -0.15) is 0 Å². The van der Waals surface area contributed by atoms with Crippen LogP contribution in [0.4, 0.5) is 0 Å². The molecule has 1 rings (SSSR count). The fourth-order valence-electron chi connectivity index (χ4n) is 0.831. The van der Waals surface area contributed by atoms with E-state index in [-0.39, 0.29) is 17.6 Å². The largest absolute Gasteiger partial charge is 0.503 e. The van der Waals surface area contributed by atoms with E-state index < -0.39 is 5.41 Å². The van der Waals surface area contributed by atoms with Crippen LogP contribution in [0.2, 0.25) is 0 Å². The molecule has 0 aromatic carbocycles. The molecule has 0 aliphatic heterocycles. The second-order valence-electron chi connectivity index (χ2n) is 3.95. The van der Waals surface area contributed by atoms with Crippen LogP contribution in [-0.4, -0.2) is 16.1 Å². The van der Waals surface area contributed by atoms with Crippen LogP contribution in [-0.2, 0) is 4.79 Å². The van der Waals surface area contributed by atoms with Crippen molar-refractivity contribution in [3.63, 3.8) is 0 Å². The summed E-state index contributed by atoms with van der Waals surface area (Å²) in [4.78, 5) is 15.4. The van der Waals surface area contributed by atoms with Gasteiger partial charge in [0.2, 0.25) is 0 Å². The minimum absolute atomic E-state index is 0.0379. The average Bonchev–Trinajstić information content (AvgIpc) is 2.21. The number of aromatic nitrogens is 1. The van der Waals surface area contributed by atoms with Gasteiger partial charge in [0.05, 0.1) is 5.41 Å². The first-order chi connectivity index (χ1) is 6.97. The van der Waals surface area contributed by atoms with E-state index in [0.29, 0.717) is 6.42 Å². The standard InChI is InChI=1S/C11H15NO3/c1-4-11(2,3)10(14)15-9-8(13)6-5-7-12-9/h5-7,13H,4H2,1-3H3. The van der Waals surface area contributed by atoms with Crippen molar-refractivity contribution in [3.05, 3.63) is 18.3 Å². The van der Waals surface area contributed by atoms with Crippen molar-refractivity contribution in [3.8, 4) is 11.6 Å². The van der Waals surface area contributed by atoms with Crippen LogP contribution in [0.1, 0.15) is 27.2 Å². The summed E-state index contributed by atoms with van der Waals surface area (Å²) in [6.07, 6.45) is 2.13. The lowest BCUT2D eigenvalue weighted by molar-refractivity contribution is -0.144. The maximum absolute atomic E-state index is 11.6. The fraction of sp³-hybridized carbons (Fsp3) is 0.455. The Bertz CT molecular complexity index is 361. The van der Waals surface area contributed by atoms with Crippen LogP contribution >= 0.6 is 0 Å². The number of aromatic hydroxyl groups is 1. The topological polar surface area (TPSA) is 59.4 Å². The van der Waals surface area contributed by atoms with Gasteiger partial charge in [-0.3, -0.25) is 4.79 Å². The van der Waals surface area contributed by atoms with Crippen LogP contribution in [0.25, 0.3) is 0 Å². The van der Waals surface area contributed by atoms with E-state index in [4.69, 9.17) is 4.74 Å². The summed E-state index contributed by atoms with van der Waals surface area (Å²) in [6, 6.07) is 2.99. The molecule has 4 heteroatoms. The monoisotopic (exact) mass is 209 g/mol. The molecule has 1 aromatic rings. The molecular formula is C11H15NO3. The van der Waals surface area contributed by atoms with Crippen LogP contribution in [0.15, 0.2) is 18.3 Å². The Morgan fingerprint density at radius 2 is 2.27 bits per heavy atom. The molecule has 0 saturated heterocycles. The molecule has 1 aromatic heterocycles. The fourth-order valence-corrected chi connectivity index (χ4v) is 0.831. The lowest BCUT2D eigenvalue weighted by atomic mass is 9.91. The highest BCUT2D eigenvalue weighted by Gasteiger charge is 2.28. The van der Waals surface area contributed by atoms with Gasteiger partial charge in [0, 0.05) is 6.20 Å². The molecule has 0 spiro atoms. The van der Waals surface area contributed by atoms with Gasteiger partial charge in [-0.15, -0.1) is 0 Å². The number of nitrogens with zero attached hydrogens (tertiary/aromatic N) is 1. The summed E-state index contributed by atoms with van der Waals surface area (Å²) in [5.41, 5.74) is -0.566. The number of carbonyl (C=O) groups excluding carboxylic acids is 1. The molecule has 0 bridgehead atoms. The Hall–Kier alpha value is -1.58. The molecule has 1 N–H and O–H groups in total. The number of hydrogen-bond donors (Lipinski definition) is 1. The van der Waals surface area contributed by atoms with Crippen LogP contribution in [0.3, 0.4) is 0 Å². The molecule has 0 amide bonds. The molecule has 0 radical (unpaired) electrons. The molecule has 0 atom stereocenters. The second kappa shape index (κ2) is 4.29. The first-order valence-electron chi connectivity index (χ1n) is 4.83. The van der Waals surface area contributed by atoms with Crippen molar-refractivity contribution in [2.24, 2.45) is 5.41 Å². The molecule has 0 fully saturated rings. The minimum Gasteiger partial charge on any atom is -0.503 e. The van der Waals surface area contributed by atoms with Crippen molar-refractivity contribution < 1.29 is 14.6 Å². The maximum atomic E-state index is 11.6. The molecule has 15 heavy (non-hydrogen) atoms. The lowest BCUT2D eigenvalue weighted by Crippen LogP contribution is -2.28. The zero-order valence-corrected chi connectivity index (χ0v) is 9.15. The molecule has 82 valence electrons. The van der Waals surface area contributed by atoms with E-state index >= 15 is 0 Å². The highest BCUT2D eigenvalue weighted by atomic mass is 16.5. The minimum atomic E-state index is -0.566. The molecule has 0 aliphatic carbocycles. The summed E-state index contributed by atoms with van der Waals surface area (Å²) in [5.74, 6) is -0.555. The molecular weight excluding hydrogens is 194 g/mol. The van der Waals surface area contributed by atoms with Gasteiger partial charge in [0.15, 0.2) is 5.75 Å². The number of rotatable bonds is 3. The van der Waals surface area contributed by atoms with Gasteiger partial charge in [0.1, 0.15) is 0 Å². The normalized spacial score (nSPS) is 11.1. The predicted molar refractivity (Wildman–Crippen MR) is 55.6 cm³/mol. The van der Waals surface area contributed by atoms with E-state index in [1.54, 1.807) is 19.9 Å². The Balaban J connectivity index is 2.80. The Labute approximate surface area is 88.9 Å². The van der Waals surface area contributed by atoms with Crippen molar-refractivity contribution in [1.29, 1.82) is 0 Å². The summed E-state index contributed by atoms with van der Waals surface area (Å²) >= 11 is 0. The van der Waals surface area contributed by atoms with Crippen molar-refractivity contribution in [2.75, 3.05) is 0 Å². The zero-order chi connectivity index (χ0) is 11.5. The third-order valence-corrected chi connectivity index (χ3v) is 2.38. The summed E-state index contributed by atoms with van der Waals surface area (Å²) in [7, 11) is 0. The lowest BCUT2D eigenvalue weighted by Gasteiger charge is -2.19. The number of ether oxygens (including phenoxy) is 1. The second-order valence-corrected chi connectivity index (χ2v) is 3.95. The molecule has 4 nitrogen and oxygen atoms in total. The van der Waals surface area contributed by atoms with Crippen LogP contribution < -0.4 is 4.74 Å². The van der Waals surface area contributed by atoms with Crippen molar-refractivity contribution >= 4 is 5.97 Å². The SMILES string of the molecule is CCC(C)(C)C(=O)Oc1ncccc1O. The number of pyridine rings is 1. The predicted octanol–water partition coefficient (Wildman–Crippen LogP) is 2.13. The molecule has 0 aliphatic rings. The molecule has 0 unspecified atom stereocenters. The summed E-state index contributed by atoms with van der Waals surface area (Å²) in [5, 5.41) is 9.36. The third-order valence-electron chi connectivity index (χ3n) is 2.38. The van der Waals surface area contributed by atoms with E-state index in [1.165, 1.54) is 12.3 Å². The Morgan fingerprint density at radius 3 is 2.80 bits per heavy atom. The summed E-state index contributed by atoms with van der Waals surface area (Å²) < 4.78 is 5.00. The average molecular weight is 209 g/mol. The zero-order valence-electron chi connectivity index (χ0n) is 9.15. The van der Waals surface area contributed by atoms with Crippen molar-refractivity contribution in [1.82, 2.24) is 4.98 Å².